The lowest BCUT2D eigenvalue weighted by Crippen LogP contribution is -2.52. The molecule has 2 fully saturated rings. The van der Waals surface area contributed by atoms with Crippen LogP contribution in [-0.2, 0) is 10.3 Å². The minimum atomic E-state index is -4.65. The number of pyridine rings is 1. The number of hydrogen-bond acceptors (Lipinski definition) is 5. The minimum Gasteiger partial charge on any atom is -0.490 e. The molecule has 1 unspecified atom stereocenters. The van der Waals surface area contributed by atoms with Crippen LogP contribution in [0.5, 0.6) is 17.4 Å². The number of nitrogens with zero attached hydrogens (tertiary/aromatic N) is 1. The van der Waals surface area contributed by atoms with Gasteiger partial charge in [-0.25, -0.2) is 18.6 Å². The van der Waals surface area contributed by atoms with Gasteiger partial charge in [0.1, 0.15) is 23.3 Å². The second-order valence-electron chi connectivity index (χ2n) is 8.99. The van der Waals surface area contributed by atoms with Crippen molar-refractivity contribution in [1.29, 1.82) is 0 Å². The van der Waals surface area contributed by atoms with Gasteiger partial charge in [-0.05, 0) is 42.5 Å². The van der Waals surface area contributed by atoms with Crippen LogP contribution in [0.25, 0.3) is 0 Å². The van der Waals surface area contributed by atoms with E-state index in [2.05, 4.69) is 15.6 Å². The maximum Gasteiger partial charge on any atom is 0.421 e. The van der Waals surface area contributed by atoms with Crippen LogP contribution in [0.3, 0.4) is 0 Å². The fourth-order valence-electron chi connectivity index (χ4n) is 4.24. The highest BCUT2D eigenvalue weighted by Gasteiger charge is 2.62. The molecule has 1 saturated carbocycles. The van der Waals surface area contributed by atoms with Crippen molar-refractivity contribution in [1.82, 2.24) is 4.98 Å². The molecule has 7 nitrogen and oxygen atoms in total. The second kappa shape index (κ2) is 9.75. The monoisotopic (exact) mass is 535 g/mol. The van der Waals surface area contributed by atoms with Gasteiger partial charge < -0.3 is 24.8 Å². The highest BCUT2D eigenvalue weighted by atomic mass is 19.4. The van der Waals surface area contributed by atoms with E-state index in [1.807, 2.05) is 0 Å². The van der Waals surface area contributed by atoms with Crippen LogP contribution in [0, 0.1) is 0 Å². The van der Waals surface area contributed by atoms with Gasteiger partial charge in [0.25, 0.3) is 5.92 Å². The van der Waals surface area contributed by atoms with Crippen LogP contribution in [0.15, 0.2) is 66.9 Å². The number of alkyl halides is 5. The van der Waals surface area contributed by atoms with E-state index in [-0.39, 0.29) is 48.7 Å². The smallest absolute Gasteiger partial charge is 0.421 e. The van der Waals surface area contributed by atoms with Gasteiger partial charge in [0.15, 0.2) is 5.60 Å². The fourth-order valence-corrected chi connectivity index (χ4v) is 4.24. The number of urea groups is 1. The van der Waals surface area contributed by atoms with E-state index in [4.69, 9.17) is 14.2 Å². The molecule has 200 valence electrons. The van der Waals surface area contributed by atoms with E-state index >= 15 is 0 Å². The van der Waals surface area contributed by atoms with Gasteiger partial charge in [0, 0.05) is 36.7 Å². The Morgan fingerprint density at radius 1 is 1.00 bits per heavy atom. The zero-order valence-corrected chi connectivity index (χ0v) is 19.7. The largest absolute Gasteiger partial charge is 0.490 e. The molecule has 2 amide bonds. The van der Waals surface area contributed by atoms with E-state index in [0.29, 0.717) is 11.4 Å². The number of carbonyl (C=O) groups is 1. The van der Waals surface area contributed by atoms with Gasteiger partial charge in [0.05, 0.1) is 6.61 Å². The number of anilines is 2. The fraction of sp³-hybridized carbons (Fsp3) is 0.308. The minimum absolute atomic E-state index is 0.0337. The van der Waals surface area contributed by atoms with Crippen molar-refractivity contribution in [3.8, 4) is 17.4 Å². The Kier molecular flexibility index (Phi) is 6.59. The number of rotatable bonds is 7. The predicted molar refractivity (Wildman–Crippen MR) is 127 cm³/mol. The van der Waals surface area contributed by atoms with Crippen LogP contribution in [0.4, 0.5) is 38.1 Å². The molecule has 38 heavy (non-hydrogen) atoms. The summed E-state index contributed by atoms with van der Waals surface area (Å²) < 4.78 is 83.7. The Balaban J connectivity index is 1.26. The molecule has 2 aliphatic rings. The highest BCUT2D eigenvalue weighted by molar-refractivity contribution is 6.00. The zero-order valence-electron chi connectivity index (χ0n) is 19.7. The summed E-state index contributed by atoms with van der Waals surface area (Å²) in [6.45, 7) is -0.0337. The summed E-state index contributed by atoms with van der Waals surface area (Å²) in [5.41, 5.74) is -2.16. The highest BCUT2D eigenvalue weighted by Crippen LogP contribution is 2.53. The lowest BCUT2D eigenvalue weighted by Gasteiger charge is -2.43. The first-order chi connectivity index (χ1) is 18.0. The third kappa shape index (κ3) is 5.21. The van der Waals surface area contributed by atoms with Crippen LogP contribution in [0.1, 0.15) is 24.8 Å². The molecule has 1 saturated heterocycles. The van der Waals surface area contributed by atoms with Gasteiger partial charge in [-0.2, -0.15) is 13.2 Å². The predicted octanol–water partition coefficient (Wildman–Crippen LogP) is 6.87. The van der Waals surface area contributed by atoms with Gasteiger partial charge in [0.2, 0.25) is 5.88 Å². The molecule has 1 aliphatic carbocycles. The van der Waals surface area contributed by atoms with Crippen molar-refractivity contribution in [2.45, 2.75) is 43.1 Å². The Morgan fingerprint density at radius 2 is 1.71 bits per heavy atom. The van der Waals surface area contributed by atoms with Crippen LogP contribution in [0.2, 0.25) is 0 Å². The summed E-state index contributed by atoms with van der Waals surface area (Å²) in [5, 5.41) is 5.16. The average molecular weight is 535 g/mol. The molecule has 2 aromatic carbocycles. The third-order valence-corrected chi connectivity index (χ3v) is 6.28. The van der Waals surface area contributed by atoms with E-state index in [1.54, 1.807) is 12.1 Å². The molecule has 5 rings (SSSR count). The maximum atomic E-state index is 13.9. The van der Waals surface area contributed by atoms with E-state index in [1.165, 1.54) is 54.7 Å². The number of amides is 2. The number of hydrogen-bond donors (Lipinski definition) is 2. The van der Waals surface area contributed by atoms with E-state index < -0.39 is 29.8 Å². The maximum absolute atomic E-state index is 13.9. The van der Waals surface area contributed by atoms with Gasteiger partial charge in [-0.15, -0.1) is 0 Å². The van der Waals surface area contributed by atoms with Crippen LogP contribution < -0.4 is 20.1 Å². The molecule has 0 spiro atoms. The first-order valence-electron chi connectivity index (χ1n) is 11.7. The van der Waals surface area contributed by atoms with E-state index in [9.17, 15) is 26.7 Å². The third-order valence-electron chi connectivity index (χ3n) is 6.28. The standard InChI is InChI=1S/C26H22F5N3O4/c27-24(28)14-18(15-24)37-17-9-7-16(8-10-17)33-23(35)34-20-5-3-12-32-22(20)38-21-6-2-1-4-19(21)25(11-13-36-25)26(29,30)31/h1-10,12,18H,11,13-15H2,(H2,33,34,35). The number of halogens is 5. The zero-order chi connectivity index (χ0) is 27.0. The molecule has 2 N–H and O–H groups in total. The summed E-state index contributed by atoms with van der Waals surface area (Å²) in [6, 6.07) is 14.1. The summed E-state index contributed by atoms with van der Waals surface area (Å²) in [4.78, 5) is 16.7. The number of benzene rings is 2. The summed E-state index contributed by atoms with van der Waals surface area (Å²) in [5.74, 6) is -2.52. The number of nitrogens with one attached hydrogen (secondary N) is 2. The van der Waals surface area contributed by atoms with Crippen molar-refractivity contribution in [3.05, 3.63) is 72.4 Å². The number of aromatic nitrogens is 1. The summed E-state index contributed by atoms with van der Waals surface area (Å²) in [7, 11) is 0. The molecule has 1 atom stereocenters. The van der Waals surface area contributed by atoms with Gasteiger partial charge in [-0.3, -0.25) is 0 Å². The van der Waals surface area contributed by atoms with E-state index in [0.717, 1.165) is 0 Å². The topological polar surface area (TPSA) is 81.7 Å². The van der Waals surface area contributed by atoms with Crippen molar-refractivity contribution in [2.24, 2.45) is 0 Å². The molecule has 0 bridgehead atoms. The molecule has 12 heteroatoms. The van der Waals surface area contributed by atoms with Gasteiger partial charge in [-0.1, -0.05) is 18.2 Å². The molecular formula is C26H22F5N3O4. The summed E-state index contributed by atoms with van der Waals surface area (Å²) >= 11 is 0. The number of ether oxygens (including phenoxy) is 3. The number of carbonyl (C=O) groups excluding carboxylic acids is 1. The average Bonchev–Trinajstić information content (AvgIpc) is 2.80. The van der Waals surface area contributed by atoms with Crippen molar-refractivity contribution in [2.75, 3.05) is 17.2 Å². The van der Waals surface area contributed by atoms with Crippen LogP contribution >= 0.6 is 0 Å². The van der Waals surface area contributed by atoms with Crippen molar-refractivity contribution >= 4 is 17.4 Å². The molecular weight excluding hydrogens is 513 g/mol. The lowest BCUT2D eigenvalue weighted by molar-refractivity contribution is -0.333. The Labute approximate surface area is 213 Å². The number of para-hydroxylation sites is 1. The Bertz CT molecular complexity index is 1300. The van der Waals surface area contributed by atoms with Gasteiger partial charge >= 0.3 is 12.2 Å². The molecule has 1 aliphatic heterocycles. The van der Waals surface area contributed by atoms with Crippen LogP contribution in [-0.4, -0.2) is 35.8 Å². The quantitative estimate of drug-likeness (QED) is 0.323. The molecule has 0 radical (unpaired) electrons. The Hall–Kier alpha value is -3.93. The van der Waals surface area contributed by atoms with Crippen molar-refractivity contribution in [3.63, 3.8) is 0 Å². The SMILES string of the molecule is O=C(Nc1ccc(OC2CC(F)(F)C2)cc1)Nc1cccnc1Oc1ccccc1C1(C(F)(F)F)CCO1. The van der Waals surface area contributed by atoms with Crippen molar-refractivity contribution < 1.29 is 41.0 Å². The Morgan fingerprint density at radius 3 is 2.34 bits per heavy atom. The molecule has 3 aromatic rings. The molecule has 1 aromatic heterocycles. The first-order valence-corrected chi connectivity index (χ1v) is 11.7. The first kappa shape index (κ1) is 25.7. The normalized spacial score (nSPS) is 20.6. The second-order valence-corrected chi connectivity index (χ2v) is 8.99. The lowest BCUT2D eigenvalue weighted by atomic mass is 9.85. The molecule has 2 heterocycles. The summed E-state index contributed by atoms with van der Waals surface area (Å²) in [6.07, 6.45) is -4.75.